The average Bonchev–Trinajstić information content (AvgIpc) is 2.40. The summed E-state index contributed by atoms with van der Waals surface area (Å²) in [5.41, 5.74) is 0.569. The maximum Gasteiger partial charge on any atom is 0.121 e. The van der Waals surface area contributed by atoms with Crippen molar-refractivity contribution in [3.8, 4) is 5.75 Å². The van der Waals surface area contributed by atoms with E-state index in [0.29, 0.717) is 12.0 Å². The fourth-order valence-corrected chi connectivity index (χ4v) is 2.03. The van der Waals surface area contributed by atoms with E-state index in [1.165, 1.54) is 0 Å². The van der Waals surface area contributed by atoms with Gasteiger partial charge >= 0.3 is 0 Å². The van der Waals surface area contributed by atoms with Crippen molar-refractivity contribution in [1.82, 2.24) is 0 Å². The number of benzene rings is 2. The van der Waals surface area contributed by atoms with Gasteiger partial charge in [-0.25, -0.2) is 0 Å². The number of para-hydroxylation sites is 1. The topological polar surface area (TPSA) is 40.5 Å². The molecule has 0 spiro atoms. The molecular weight excluding hydrogens is 236 g/mol. The summed E-state index contributed by atoms with van der Waals surface area (Å²) < 4.78 is 0. The first-order chi connectivity index (χ1) is 9.09. The Morgan fingerprint density at radius 2 is 1.63 bits per heavy atom. The molecule has 0 radical (unpaired) electrons. The molecule has 19 heavy (non-hydrogen) atoms. The molecule has 2 aromatic rings. The highest BCUT2D eigenvalue weighted by Gasteiger charge is 2.24. The lowest BCUT2D eigenvalue weighted by Crippen LogP contribution is -2.20. The monoisotopic (exact) mass is 254 g/mol. The molecule has 0 amide bonds. The van der Waals surface area contributed by atoms with Gasteiger partial charge in [-0.05, 0) is 25.0 Å². The molecule has 0 fully saturated rings. The third kappa shape index (κ3) is 3.46. The molecule has 0 saturated carbocycles. The van der Waals surface area contributed by atoms with Gasteiger partial charge in [-0.1, -0.05) is 60.7 Å². The van der Waals surface area contributed by atoms with Crippen molar-refractivity contribution in [2.45, 2.75) is 18.9 Å². The van der Waals surface area contributed by atoms with Crippen molar-refractivity contribution in [3.05, 3.63) is 71.8 Å². The maximum atomic E-state index is 10.4. The van der Waals surface area contributed by atoms with Crippen LogP contribution in [0.3, 0.4) is 0 Å². The third-order valence-electron chi connectivity index (χ3n) is 3.11. The molecule has 2 nitrogen and oxygen atoms in total. The minimum Gasteiger partial charge on any atom is -0.508 e. The van der Waals surface area contributed by atoms with Crippen LogP contribution in [-0.4, -0.2) is 10.2 Å². The molecule has 2 rings (SSSR count). The first-order valence-electron chi connectivity index (χ1n) is 6.32. The Balaban J connectivity index is 2.10. The van der Waals surface area contributed by atoms with Crippen LogP contribution in [0.4, 0.5) is 0 Å². The van der Waals surface area contributed by atoms with Crippen molar-refractivity contribution in [1.29, 1.82) is 0 Å². The zero-order valence-corrected chi connectivity index (χ0v) is 11.0. The second-order valence-corrected chi connectivity index (χ2v) is 4.81. The van der Waals surface area contributed by atoms with E-state index >= 15 is 0 Å². The van der Waals surface area contributed by atoms with Crippen LogP contribution in [0.25, 0.3) is 6.08 Å². The highest BCUT2D eigenvalue weighted by Crippen LogP contribution is 2.31. The van der Waals surface area contributed by atoms with Crippen LogP contribution in [-0.2, 0) is 5.60 Å². The van der Waals surface area contributed by atoms with Gasteiger partial charge in [0.05, 0.1) is 5.60 Å². The maximum absolute atomic E-state index is 10.4. The molecular formula is C17H18O2. The summed E-state index contributed by atoms with van der Waals surface area (Å²) in [5.74, 6) is 0.126. The van der Waals surface area contributed by atoms with E-state index in [1.807, 2.05) is 48.6 Å². The van der Waals surface area contributed by atoms with Crippen molar-refractivity contribution in [2.75, 3.05) is 0 Å². The molecule has 0 aliphatic carbocycles. The lowest BCUT2D eigenvalue weighted by Gasteiger charge is -2.23. The Hall–Kier alpha value is -2.06. The quantitative estimate of drug-likeness (QED) is 0.873. The van der Waals surface area contributed by atoms with E-state index in [-0.39, 0.29) is 5.75 Å². The predicted molar refractivity (Wildman–Crippen MR) is 77.8 cm³/mol. The van der Waals surface area contributed by atoms with E-state index < -0.39 is 5.60 Å². The first kappa shape index (κ1) is 13.4. The van der Waals surface area contributed by atoms with Gasteiger partial charge in [0.1, 0.15) is 5.75 Å². The Labute approximate surface area is 113 Å². The number of hydrogen-bond donors (Lipinski definition) is 2. The van der Waals surface area contributed by atoms with E-state index in [0.717, 1.165) is 5.56 Å². The zero-order chi connectivity index (χ0) is 13.7. The van der Waals surface area contributed by atoms with Crippen molar-refractivity contribution >= 4 is 6.08 Å². The van der Waals surface area contributed by atoms with Gasteiger partial charge in [-0.15, -0.1) is 0 Å². The molecule has 0 heterocycles. The van der Waals surface area contributed by atoms with E-state index in [2.05, 4.69) is 0 Å². The molecule has 0 aliphatic heterocycles. The third-order valence-corrected chi connectivity index (χ3v) is 3.11. The second-order valence-electron chi connectivity index (χ2n) is 4.81. The number of aliphatic hydroxyl groups is 1. The number of phenolic OH excluding ortho intramolecular Hbond substituents is 1. The van der Waals surface area contributed by atoms with E-state index in [4.69, 9.17) is 0 Å². The van der Waals surface area contributed by atoms with Gasteiger partial charge in [0.15, 0.2) is 0 Å². The minimum absolute atomic E-state index is 0.126. The van der Waals surface area contributed by atoms with Gasteiger partial charge in [-0.3, -0.25) is 0 Å². The molecule has 2 heteroatoms. The minimum atomic E-state index is -1.07. The molecule has 0 aliphatic rings. The first-order valence-corrected chi connectivity index (χ1v) is 6.32. The molecule has 0 bridgehead atoms. The summed E-state index contributed by atoms with van der Waals surface area (Å²) in [4.78, 5) is 0. The summed E-state index contributed by atoms with van der Waals surface area (Å²) in [6, 6.07) is 16.8. The SMILES string of the molecule is CC(O)(C/C=C/c1ccccc1)c1ccccc1O. The molecule has 1 unspecified atom stereocenters. The number of aromatic hydroxyl groups is 1. The number of phenols is 1. The Morgan fingerprint density at radius 3 is 2.32 bits per heavy atom. The lowest BCUT2D eigenvalue weighted by molar-refractivity contribution is 0.0582. The summed E-state index contributed by atoms with van der Waals surface area (Å²) in [5, 5.41) is 20.2. The molecule has 0 aromatic heterocycles. The largest absolute Gasteiger partial charge is 0.508 e. The highest BCUT2D eigenvalue weighted by atomic mass is 16.3. The predicted octanol–water partition coefficient (Wildman–Crippen LogP) is 3.70. The number of hydrogen-bond acceptors (Lipinski definition) is 2. The molecule has 98 valence electrons. The Bertz CT molecular complexity index is 556. The summed E-state index contributed by atoms with van der Waals surface area (Å²) in [6.45, 7) is 1.71. The van der Waals surface area contributed by atoms with Crippen molar-refractivity contribution in [3.63, 3.8) is 0 Å². The highest BCUT2D eigenvalue weighted by molar-refractivity contribution is 5.49. The Morgan fingerprint density at radius 1 is 1.00 bits per heavy atom. The smallest absolute Gasteiger partial charge is 0.121 e. The Kier molecular flexibility index (Phi) is 4.03. The van der Waals surface area contributed by atoms with Gasteiger partial charge < -0.3 is 10.2 Å². The van der Waals surface area contributed by atoms with Crippen LogP contribution in [0, 0.1) is 0 Å². The number of rotatable bonds is 4. The molecule has 2 aromatic carbocycles. The van der Waals surface area contributed by atoms with Crippen LogP contribution >= 0.6 is 0 Å². The van der Waals surface area contributed by atoms with Gasteiger partial charge in [-0.2, -0.15) is 0 Å². The summed E-state index contributed by atoms with van der Waals surface area (Å²) in [7, 11) is 0. The standard InChI is InChI=1S/C17H18O2/c1-17(19,15-11-5-6-12-16(15)18)13-7-10-14-8-3-2-4-9-14/h2-12,18-19H,13H2,1H3/b10-7+. The van der Waals surface area contributed by atoms with Crippen LogP contribution in [0.1, 0.15) is 24.5 Å². The van der Waals surface area contributed by atoms with Crippen LogP contribution < -0.4 is 0 Å². The fraction of sp³-hybridized carbons (Fsp3) is 0.176. The van der Waals surface area contributed by atoms with Crippen molar-refractivity contribution in [2.24, 2.45) is 0 Å². The summed E-state index contributed by atoms with van der Waals surface area (Å²) in [6.07, 6.45) is 4.33. The second kappa shape index (κ2) is 5.72. The van der Waals surface area contributed by atoms with Crippen molar-refractivity contribution < 1.29 is 10.2 Å². The van der Waals surface area contributed by atoms with Crippen LogP contribution in [0.15, 0.2) is 60.7 Å². The average molecular weight is 254 g/mol. The molecule has 0 saturated heterocycles. The summed E-state index contributed by atoms with van der Waals surface area (Å²) >= 11 is 0. The van der Waals surface area contributed by atoms with E-state index in [1.54, 1.807) is 25.1 Å². The van der Waals surface area contributed by atoms with Crippen LogP contribution in [0.2, 0.25) is 0 Å². The normalized spacial score (nSPS) is 14.4. The zero-order valence-electron chi connectivity index (χ0n) is 11.0. The van der Waals surface area contributed by atoms with Gasteiger partial charge in [0.2, 0.25) is 0 Å². The molecule has 1 atom stereocenters. The molecule has 2 N–H and O–H groups in total. The lowest BCUT2D eigenvalue weighted by atomic mass is 9.91. The van der Waals surface area contributed by atoms with Gasteiger partial charge in [0, 0.05) is 5.56 Å². The van der Waals surface area contributed by atoms with Gasteiger partial charge in [0.25, 0.3) is 0 Å². The van der Waals surface area contributed by atoms with E-state index in [9.17, 15) is 10.2 Å². The fourth-order valence-electron chi connectivity index (χ4n) is 2.03. The van der Waals surface area contributed by atoms with Crippen LogP contribution in [0.5, 0.6) is 5.75 Å².